The third-order valence-electron chi connectivity index (χ3n) is 3.36. The lowest BCUT2D eigenvalue weighted by Gasteiger charge is -2.11. The second-order valence-corrected chi connectivity index (χ2v) is 4.96. The summed E-state index contributed by atoms with van der Waals surface area (Å²) in [5.74, 6) is -0.252. The van der Waals surface area contributed by atoms with E-state index in [4.69, 9.17) is 0 Å². The summed E-state index contributed by atoms with van der Waals surface area (Å²) in [5.41, 5.74) is -0.572. The molecule has 1 aliphatic heterocycles. The van der Waals surface area contributed by atoms with Crippen LogP contribution in [-0.2, 0) is 11.0 Å². The lowest BCUT2D eigenvalue weighted by Crippen LogP contribution is -2.23. The van der Waals surface area contributed by atoms with Crippen LogP contribution in [0.5, 0.6) is 0 Å². The van der Waals surface area contributed by atoms with Gasteiger partial charge in [-0.25, -0.2) is 0 Å². The number of rotatable bonds is 4. The molecule has 0 bridgehead atoms. The minimum absolute atomic E-state index is 0.184. The molecular weight excluding hydrogens is 269 g/mol. The van der Waals surface area contributed by atoms with Crippen LogP contribution in [0.4, 0.5) is 18.9 Å². The number of hydrogen-bond acceptors (Lipinski definition) is 2. The molecule has 6 heteroatoms. The van der Waals surface area contributed by atoms with Crippen LogP contribution in [0, 0.1) is 0 Å². The first-order valence-electron chi connectivity index (χ1n) is 6.65. The Morgan fingerprint density at radius 3 is 2.85 bits per heavy atom. The van der Waals surface area contributed by atoms with Gasteiger partial charge in [0.2, 0.25) is 5.91 Å². The van der Waals surface area contributed by atoms with Crippen LogP contribution in [0.15, 0.2) is 24.3 Å². The van der Waals surface area contributed by atoms with Crippen LogP contribution in [0.2, 0.25) is 0 Å². The quantitative estimate of drug-likeness (QED) is 0.892. The van der Waals surface area contributed by atoms with E-state index in [1.807, 2.05) is 0 Å². The molecule has 0 spiro atoms. The number of benzene rings is 1. The molecule has 1 heterocycles. The maximum atomic E-state index is 12.5. The average Bonchev–Trinajstić information content (AvgIpc) is 2.89. The Kier molecular flexibility index (Phi) is 4.65. The number of hydrogen-bond donors (Lipinski definition) is 2. The molecule has 0 saturated carbocycles. The van der Waals surface area contributed by atoms with Crippen molar-refractivity contribution in [1.82, 2.24) is 5.32 Å². The summed E-state index contributed by atoms with van der Waals surface area (Å²) in [6, 6.07) is 5.03. The molecule has 20 heavy (non-hydrogen) atoms. The van der Waals surface area contributed by atoms with Crippen molar-refractivity contribution in [3.63, 3.8) is 0 Å². The highest BCUT2D eigenvalue weighted by molar-refractivity contribution is 5.90. The molecule has 0 aromatic heterocycles. The van der Waals surface area contributed by atoms with Gasteiger partial charge in [-0.05, 0) is 44.0 Å². The van der Waals surface area contributed by atoms with Gasteiger partial charge in [-0.3, -0.25) is 4.79 Å². The number of carbonyl (C=O) groups is 1. The van der Waals surface area contributed by atoms with E-state index in [0.717, 1.165) is 31.5 Å². The molecule has 0 aliphatic carbocycles. The molecule has 3 nitrogen and oxygen atoms in total. The predicted octanol–water partition coefficient (Wildman–Crippen LogP) is 3.18. The Hall–Kier alpha value is -1.56. The molecule has 1 aromatic carbocycles. The van der Waals surface area contributed by atoms with Crippen molar-refractivity contribution in [3.8, 4) is 0 Å². The summed E-state index contributed by atoms with van der Waals surface area (Å²) in [7, 11) is 0. The first-order valence-corrected chi connectivity index (χ1v) is 6.65. The van der Waals surface area contributed by atoms with Gasteiger partial charge in [0.05, 0.1) is 5.56 Å². The van der Waals surface area contributed by atoms with E-state index in [-0.39, 0.29) is 11.6 Å². The number of halogens is 3. The standard InChI is InChI=1S/C14H17F3N2O/c15-14(16,17)10-3-1-4-12(9-10)19-13(20)7-6-11-5-2-8-18-11/h1,3-4,9,11,18H,2,5-8H2,(H,19,20). The van der Waals surface area contributed by atoms with Gasteiger partial charge in [-0.2, -0.15) is 13.2 Å². The summed E-state index contributed by atoms with van der Waals surface area (Å²) < 4.78 is 37.6. The number of carbonyl (C=O) groups excluding carboxylic acids is 1. The minimum Gasteiger partial charge on any atom is -0.326 e. The van der Waals surface area contributed by atoms with Crippen LogP contribution in [0.1, 0.15) is 31.2 Å². The Labute approximate surface area is 115 Å². The van der Waals surface area contributed by atoms with Gasteiger partial charge >= 0.3 is 6.18 Å². The average molecular weight is 286 g/mol. The third kappa shape index (κ3) is 4.23. The molecule has 110 valence electrons. The molecule has 1 amide bonds. The summed E-state index contributed by atoms with van der Waals surface area (Å²) in [4.78, 5) is 11.7. The topological polar surface area (TPSA) is 41.1 Å². The van der Waals surface area contributed by atoms with Crippen molar-refractivity contribution < 1.29 is 18.0 Å². The maximum absolute atomic E-state index is 12.5. The molecule has 1 aliphatic rings. The van der Waals surface area contributed by atoms with Crippen LogP contribution >= 0.6 is 0 Å². The van der Waals surface area contributed by atoms with Crippen molar-refractivity contribution in [2.24, 2.45) is 0 Å². The monoisotopic (exact) mass is 286 g/mol. The van der Waals surface area contributed by atoms with Gasteiger partial charge in [0, 0.05) is 18.2 Å². The Bertz CT molecular complexity index is 468. The zero-order valence-corrected chi connectivity index (χ0v) is 11.0. The molecule has 2 rings (SSSR count). The normalized spacial score (nSPS) is 19.1. The SMILES string of the molecule is O=C(CCC1CCCN1)Nc1cccc(C(F)(F)F)c1. The molecule has 0 radical (unpaired) electrons. The van der Waals surface area contributed by atoms with Crippen LogP contribution in [-0.4, -0.2) is 18.5 Å². The number of amides is 1. The second kappa shape index (κ2) is 6.26. The largest absolute Gasteiger partial charge is 0.416 e. The fourth-order valence-electron chi connectivity index (χ4n) is 2.31. The zero-order valence-electron chi connectivity index (χ0n) is 11.0. The van der Waals surface area contributed by atoms with Crippen molar-refractivity contribution >= 4 is 11.6 Å². The highest BCUT2D eigenvalue weighted by Crippen LogP contribution is 2.30. The summed E-state index contributed by atoms with van der Waals surface area (Å²) in [6.07, 6.45) is -1.20. The lowest BCUT2D eigenvalue weighted by molar-refractivity contribution is -0.137. The number of nitrogens with one attached hydrogen (secondary N) is 2. The maximum Gasteiger partial charge on any atom is 0.416 e. The third-order valence-corrected chi connectivity index (χ3v) is 3.36. The van der Waals surface area contributed by atoms with Gasteiger partial charge < -0.3 is 10.6 Å². The summed E-state index contributed by atoms with van der Waals surface area (Å²) in [6.45, 7) is 0.972. The van der Waals surface area contributed by atoms with E-state index in [0.29, 0.717) is 18.9 Å². The first kappa shape index (κ1) is 14.8. The van der Waals surface area contributed by atoms with Crippen molar-refractivity contribution in [3.05, 3.63) is 29.8 Å². The number of alkyl halides is 3. The Morgan fingerprint density at radius 1 is 1.40 bits per heavy atom. The van der Waals surface area contributed by atoms with Crippen molar-refractivity contribution in [2.45, 2.75) is 37.9 Å². The summed E-state index contributed by atoms with van der Waals surface area (Å²) >= 11 is 0. The van der Waals surface area contributed by atoms with E-state index in [2.05, 4.69) is 10.6 Å². The summed E-state index contributed by atoms with van der Waals surface area (Å²) in [5, 5.41) is 5.79. The predicted molar refractivity (Wildman–Crippen MR) is 70.3 cm³/mol. The van der Waals surface area contributed by atoms with Gasteiger partial charge in [0.15, 0.2) is 0 Å². The van der Waals surface area contributed by atoms with Crippen LogP contribution < -0.4 is 10.6 Å². The van der Waals surface area contributed by atoms with E-state index in [1.165, 1.54) is 12.1 Å². The van der Waals surface area contributed by atoms with Gasteiger partial charge in [-0.1, -0.05) is 6.07 Å². The van der Waals surface area contributed by atoms with E-state index in [1.54, 1.807) is 0 Å². The molecule has 1 saturated heterocycles. The Balaban J connectivity index is 1.87. The lowest BCUT2D eigenvalue weighted by atomic mass is 10.1. The first-order chi connectivity index (χ1) is 9.45. The fourth-order valence-corrected chi connectivity index (χ4v) is 2.31. The van der Waals surface area contributed by atoms with Gasteiger partial charge in [0.1, 0.15) is 0 Å². The van der Waals surface area contributed by atoms with E-state index >= 15 is 0 Å². The highest BCUT2D eigenvalue weighted by Gasteiger charge is 2.30. The van der Waals surface area contributed by atoms with Crippen LogP contribution in [0.25, 0.3) is 0 Å². The molecule has 1 fully saturated rings. The van der Waals surface area contributed by atoms with Crippen molar-refractivity contribution in [2.75, 3.05) is 11.9 Å². The highest BCUT2D eigenvalue weighted by atomic mass is 19.4. The molecule has 1 aromatic rings. The molecule has 1 atom stereocenters. The molecule has 1 unspecified atom stereocenters. The zero-order chi connectivity index (χ0) is 14.6. The molecule has 2 N–H and O–H groups in total. The second-order valence-electron chi connectivity index (χ2n) is 4.96. The molecular formula is C14H17F3N2O. The van der Waals surface area contributed by atoms with Gasteiger partial charge in [0.25, 0.3) is 0 Å². The smallest absolute Gasteiger partial charge is 0.326 e. The Morgan fingerprint density at radius 2 is 2.20 bits per heavy atom. The minimum atomic E-state index is -4.39. The van der Waals surface area contributed by atoms with Crippen LogP contribution in [0.3, 0.4) is 0 Å². The van der Waals surface area contributed by atoms with E-state index < -0.39 is 11.7 Å². The van der Waals surface area contributed by atoms with E-state index in [9.17, 15) is 18.0 Å². The fraction of sp³-hybridized carbons (Fsp3) is 0.500. The number of anilines is 1. The van der Waals surface area contributed by atoms with Gasteiger partial charge in [-0.15, -0.1) is 0 Å². The van der Waals surface area contributed by atoms with Crippen molar-refractivity contribution in [1.29, 1.82) is 0 Å².